The number of hydrogen-bond acceptors (Lipinski definition) is 7. The molecule has 0 fully saturated rings. The molecule has 2 aromatic carbocycles. The van der Waals surface area contributed by atoms with Crippen molar-refractivity contribution < 1.29 is 14.3 Å². The van der Waals surface area contributed by atoms with Gasteiger partial charge in [-0.25, -0.2) is 4.79 Å². The van der Waals surface area contributed by atoms with Crippen LogP contribution in [0.1, 0.15) is 28.7 Å². The fourth-order valence-corrected chi connectivity index (χ4v) is 5.01. The molecule has 1 heterocycles. The summed E-state index contributed by atoms with van der Waals surface area (Å²) in [6.07, 6.45) is 0. The number of hydrogen-bond donors (Lipinski definition) is 1. The van der Waals surface area contributed by atoms with Crippen molar-refractivity contribution in [2.24, 2.45) is 7.05 Å². The molecule has 3 rings (SSSR count). The Morgan fingerprint density at radius 1 is 1.09 bits per heavy atom. The SMILES string of the molecule is CCOC(=O)c1ccc(NC(=O)CSc2nnc(CSCc3ccc(Cl)cc3Cl)n2C)cc1. The molecular formula is C22H22Cl2N4O3S2. The highest BCUT2D eigenvalue weighted by Crippen LogP contribution is 2.26. The van der Waals surface area contributed by atoms with Gasteiger partial charge in [-0.3, -0.25) is 4.79 Å². The number of nitrogens with one attached hydrogen (secondary N) is 1. The van der Waals surface area contributed by atoms with Crippen molar-refractivity contribution in [1.29, 1.82) is 0 Å². The topological polar surface area (TPSA) is 86.1 Å². The molecule has 0 aliphatic carbocycles. The Hall–Kier alpha value is -2.20. The van der Waals surface area contributed by atoms with Gasteiger partial charge in [-0.2, -0.15) is 0 Å². The average Bonchev–Trinajstić information content (AvgIpc) is 3.14. The number of anilines is 1. The van der Waals surface area contributed by atoms with Crippen molar-refractivity contribution in [2.75, 3.05) is 17.7 Å². The summed E-state index contributed by atoms with van der Waals surface area (Å²) in [6.45, 7) is 2.06. The lowest BCUT2D eigenvalue weighted by atomic mass is 10.2. The van der Waals surface area contributed by atoms with E-state index >= 15 is 0 Å². The van der Waals surface area contributed by atoms with Crippen LogP contribution in [0.2, 0.25) is 10.0 Å². The third-order valence-electron chi connectivity index (χ3n) is 4.44. The van der Waals surface area contributed by atoms with Gasteiger partial charge < -0.3 is 14.6 Å². The second-order valence-corrected chi connectivity index (χ2v) is 9.59. The van der Waals surface area contributed by atoms with Crippen LogP contribution in [-0.4, -0.2) is 39.0 Å². The molecule has 1 aromatic heterocycles. The minimum Gasteiger partial charge on any atom is -0.462 e. The van der Waals surface area contributed by atoms with Crippen molar-refractivity contribution in [2.45, 2.75) is 23.6 Å². The van der Waals surface area contributed by atoms with Crippen molar-refractivity contribution >= 4 is 64.3 Å². The molecule has 33 heavy (non-hydrogen) atoms. The number of carbonyl (C=O) groups excluding carboxylic acids is 2. The molecule has 1 N–H and O–H groups in total. The molecule has 3 aromatic rings. The second-order valence-electron chi connectivity index (χ2n) is 6.82. The summed E-state index contributed by atoms with van der Waals surface area (Å²) in [5, 5.41) is 13.1. The van der Waals surface area contributed by atoms with Gasteiger partial charge in [-0.05, 0) is 48.9 Å². The number of carbonyl (C=O) groups is 2. The number of esters is 1. The Morgan fingerprint density at radius 3 is 2.55 bits per heavy atom. The summed E-state index contributed by atoms with van der Waals surface area (Å²) in [4.78, 5) is 24.0. The quantitative estimate of drug-likeness (QED) is 0.278. The summed E-state index contributed by atoms with van der Waals surface area (Å²) in [6, 6.07) is 12.0. The molecule has 7 nitrogen and oxygen atoms in total. The van der Waals surface area contributed by atoms with Crippen LogP contribution < -0.4 is 5.32 Å². The summed E-state index contributed by atoms with van der Waals surface area (Å²) in [5.74, 6) is 1.80. The van der Waals surface area contributed by atoms with Gasteiger partial charge in [0, 0.05) is 28.5 Å². The van der Waals surface area contributed by atoms with E-state index in [1.807, 2.05) is 23.7 Å². The van der Waals surface area contributed by atoms with Crippen LogP contribution in [0, 0.1) is 0 Å². The zero-order valence-corrected chi connectivity index (χ0v) is 21.2. The second kappa shape index (κ2) is 12.3. The van der Waals surface area contributed by atoms with Crippen LogP contribution in [0.3, 0.4) is 0 Å². The van der Waals surface area contributed by atoms with Gasteiger partial charge in [-0.1, -0.05) is 41.0 Å². The lowest BCUT2D eigenvalue weighted by Gasteiger charge is -2.07. The Labute approximate surface area is 210 Å². The predicted molar refractivity (Wildman–Crippen MR) is 134 cm³/mol. The predicted octanol–water partition coefficient (Wildman–Crippen LogP) is 5.46. The van der Waals surface area contributed by atoms with Crippen molar-refractivity contribution in [3.63, 3.8) is 0 Å². The van der Waals surface area contributed by atoms with E-state index in [2.05, 4.69) is 15.5 Å². The van der Waals surface area contributed by atoms with Gasteiger partial charge in [0.15, 0.2) is 5.16 Å². The third kappa shape index (κ3) is 7.40. The first-order chi connectivity index (χ1) is 15.9. The normalized spacial score (nSPS) is 10.8. The van der Waals surface area contributed by atoms with Crippen LogP contribution in [0.25, 0.3) is 0 Å². The van der Waals surface area contributed by atoms with Gasteiger partial charge in [-0.15, -0.1) is 22.0 Å². The van der Waals surface area contributed by atoms with Gasteiger partial charge in [0.25, 0.3) is 0 Å². The summed E-state index contributed by atoms with van der Waals surface area (Å²) in [5.41, 5.74) is 2.05. The first-order valence-corrected chi connectivity index (χ1v) is 12.9. The van der Waals surface area contributed by atoms with E-state index < -0.39 is 5.97 Å². The molecule has 0 aliphatic heterocycles. The van der Waals surface area contributed by atoms with Crippen molar-refractivity contribution in [3.8, 4) is 0 Å². The fraction of sp³-hybridized carbons (Fsp3) is 0.273. The summed E-state index contributed by atoms with van der Waals surface area (Å²) < 4.78 is 6.83. The molecule has 0 saturated carbocycles. The van der Waals surface area contributed by atoms with Crippen LogP contribution >= 0.6 is 46.7 Å². The maximum absolute atomic E-state index is 12.3. The molecule has 0 bridgehead atoms. The Balaban J connectivity index is 1.46. The monoisotopic (exact) mass is 524 g/mol. The minimum atomic E-state index is -0.390. The van der Waals surface area contributed by atoms with Crippen LogP contribution in [-0.2, 0) is 28.1 Å². The van der Waals surface area contributed by atoms with Crippen molar-refractivity contribution in [3.05, 3.63) is 69.5 Å². The van der Waals surface area contributed by atoms with E-state index in [0.717, 1.165) is 17.1 Å². The van der Waals surface area contributed by atoms with E-state index in [-0.39, 0.29) is 11.7 Å². The zero-order chi connectivity index (χ0) is 23.8. The standard InChI is InChI=1S/C22H22Cl2N4O3S2/c1-3-31-21(30)14-5-8-17(9-6-14)25-20(29)13-33-22-27-26-19(28(22)2)12-32-11-15-4-7-16(23)10-18(15)24/h4-10H,3,11-13H2,1-2H3,(H,25,29). The first kappa shape index (κ1) is 25.4. The highest BCUT2D eigenvalue weighted by molar-refractivity contribution is 7.99. The van der Waals surface area contributed by atoms with E-state index in [0.29, 0.717) is 38.8 Å². The van der Waals surface area contributed by atoms with Gasteiger partial charge in [0.1, 0.15) is 5.82 Å². The number of halogens is 2. The average molecular weight is 525 g/mol. The maximum atomic E-state index is 12.3. The summed E-state index contributed by atoms with van der Waals surface area (Å²) >= 11 is 15.1. The van der Waals surface area contributed by atoms with Crippen molar-refractivity contribution in [1.82, 2.24) is 14.8 Å². The fourth-order valence-electron chi connectivity index (χ4n) is 2.72. The molecule has 0 atom stereocenters. The lowest BCUT2D eigenvalue weighted by Crippen LogP contribution is -2.14. The number of amides is 1. The van der Waals surface area contributed by atoms with E-state index in [4.69, 9.17) is 27.9 Å². The van der Waals surface area contributed by atoms with Crippen LogP contribution in [0.5, 0.6) is 0 Å². The molecule has 0 aliphatic rings. The zero-order valence-electron chi connectivity index (χ0n) is 18.0. The first-order valence-electron chi connectivity index (χ1n) is 9.97. The molecule has 0 saturated heterocycles. The number of thioether (sulfide) groups is 2. The Bertz CT molecular complexity index is 1120. The summed E-state index contributed by atoms with van der Waals surface area (Å²) in [7, 11) is 1.87. The lowest BCUT2D eigenvalue weighted by molar-refractivity contribution is -0.113. The van der Waals surface area contributed by atoms with E-state index in [9.17, 15) is 9.59 Å². The molecule has 1 amide bonds. The van der Waals surface area contributed by atoms with Gasteiger partial charge in [0.2, 0.25) is 5.91 Å². The number of rotatable bonds is 10. The molecule has 11 heteroatoms. The maximum Gasteiger partial charge on any atom is 0.338 e. The van der Waals surface area contributed by atoms with E-state index in [1.165, 1.54) is 11.8 Å². The number of aromatic nitrogens is 3. The van der Waals surface area contributed by atoms with Crippen LogP contribution in [0.15, 0.2) is 47.6 Å². The third-order valence-corrected chi connectivity index (χ3v) is 7.03. The molecule has 0 radical (unpaired) electrons. The van der Waals surface area contributed by atoms with Gasteiger partial charge >= 0.3 is 5.97 Å². The number of benzene rings is 2. The molecule has 0 unspecified atom stereocenters. The number of ether oxygens (including phenoxy) is 1. The minimum absolute atomic E-state index is 0.180. The molecule has 174 valence electrons. The Kier molecular flexibility index (Phi) is 9.49. The highest BCUT2D eigenvalue weighted by atomic mass is 35.5. The highest BCUT2D eigenvalue weighted by Gasteiger charge is 2.13. The smallest absolute Gasteiger partial charge is 0.338 e. The molecular weight excluding hydrogens is 503 g/mol. The van der Waals surface area contributed by atoms with E-state index in [1.54, 1.807) is 49.0 Å². The van der Waals surface area contributed by atoms with Gasteiger partial charge in [0.05, 0.1) is 23.7 Å². The Morgan fingerprint density at radius 2 is 1.85 bits per heavy atom. The largest absolute Gasteiger partial charge is 0.462 e. The molecule has 0 spiro atoms. The number of nitrogens with zero attached hydrogens (tertiary/aromatic N) is 3. The van der Waals surface area contributed by atoms with Crippen LogP contribution in [0.4, 0.5) is 5.69 Å².